The molecule has 1 aliphatic carbocycles. The third-order valence-electron chi connectivity index (χ3n) is 3.57. The van der Waals surface area contributed by atoms with Gasteiger partial charge in [0.15, 0.2) is 0 Å². The summed E-state index contributed by atoms with van der Waals surface area (Å²) in [5.41, 5.74) is -0.520. The number of rotatable bonds is 4. The van der Waals surface area contributed by atoms with Crippen LogP contribution >= 0.6 is 11.6 Å². The Labute approximate surface area is 132 Å². The minimum absolute atomic E-state index is 0.0224. The average Bonchev–Trinajstić information content (AvgIpc) is 2.39. The first-order valence-electron chi connectivity index (χ1n) is 7.63. The van der Waals surface area contributed by atoms with E-state index in [1.807, 2.05) is 27.7 Å². The second-order valence-corrected chi connectivity index (χ2v) is 6.69. The highest BCUT2D eigenvalue weighted by molar-refractivity contribution is 6.27. The number of alkyl halides is 1. The van der Waals surface area contributed by atoms with E-state index in [0.717, 1.165) is 25.7 Å². The Bertz CT molecular complexity index is 368. The van der Waals surface area contributed by atoms with Crippen molar-refractivity contribution in [2.45, 2.75) is 71.1 Å². The normalized spacial score (nSPS) is 22.5. The first-order valence-corrected chi connectivity index (χ1v) is 8.17. The largest absolute Gasteiger partial charge is 0.444 e. The molecule has 0 aromatic carbocycles. The van der Waals surface area contributed by atoms with Gasteiger partial charge in [0.05, 0.1) is 6.04 Å². The molecule has 0 radical (unpaired) electrons. The van der Waals surface area contributed by atoms with E-state index in [9.17, 15) is 9.59 Å². The van der Waals surface area contributed by atoms with Crippen LogP contribution in [0.3, 0.4) is 0 Å². The van der Waals surface area contributed by atoms with Crippen LogP contribution in [0.4, 0.5) is 4.79 Å². The predicted octanol–water partition coefficient (Wildman–Crippen LogP) is 2.91. The number of hydrogen-bond acceptors (Lipinski definition) is 3. The molecule has 0 spiro atoms. The Kier molecular flexibility index (Phi) is 6.78. The lowest BCUT2D eigenvalue weighted by molar-refractivity contribution is -0.120. The number of carbonyl (C=O) groups is 2. The maximum Gasteiger partial charge on any atom is 0.410 e. The van der Waals surface area contributed by atoms with E-state index in [0.29, 0.717) is 6.54 Å². The number of likely N-dealkylation sites (N-methyl/N-ethyl adjacent to an activating group) is 1. The Hall–Kier alpha value is -0.970. The number of ether oxygens (including phenoxy) is 1. The number of amides is 2. The van der Waals surface area contributed by atoms with Gasteiger partial charge in [-0.15, -0.1) is 11.6 Å². The van der Waals surface area contributed by atoms with Crippen LogP contribution in [-0.4, -0.2) is 47.0 Å². The van der Waals surface area contributed by atoms with Gasteiger partial charge in [0.25, 0.3) is 0 Å². The number of halogens is 1. The minimum atomic E-state index is -0.520. The van der Waals surface area contributed by atoms with Crippen LogP contribution < -0.4 is 5.32 Å². The molecule has 0 bridgehead atoms. The highest BCUT2D eigenvalue weighted by atomic mass is 35.5. The third kappa shape index (κ3) is 5.73. The molecule has 1 rings (SSSR count). The van der Waals surface area contributed by atoms with Gasteiger partial charge in [-0.25, -0.2) is 4.79 Å². The van der Waals surface area contributed by atoms with Gasteiger partial charge in [0.2, 0.25) is 5.91 Å². The molecule has 21 heavy (non-hydrogen) atoms. The van der Waals surface area contributed by atoms with Crippen molar-refractivity contribution in [2.75, 3.05) is 12.4 Å². The van der Waals surface area contributed by atoms with E-state index in [4.69, 9.17) is 16.3 Å². The molecule has 6 heteroatoms. The molecule has 2 atom stereocenters. The SMILES string of the molecule is CCN(C(=O)OC(C)(C)C)[C@H]1CCCC[C@@H]1NC(=O)CCl. The van der Waals surface area contributed by atoms with Crippen LogP contribution in [-0.2, 0) is 9.53 Å². The summed E-state index contributed by atoms with van der Waals surface area (Å²) >= 11 is 5.56. The van der Waals surface area contributed by atoms with Crippen molar-refractivity contribution in [1.82, 2.24) is 10.2 Å². The fraction of sp³-hybridized carbons (Fsp3) is 0.867. The Balaban J connectivity index is 2.79. The first-order chi connectivity index (χ1) is 9.78. The zero-order chi connectivity index (χ0) is 16.0. The lowest BCUT2D eigenvalue weighted by atomic mass is 9.89. The molecule has 0 aromatic heterocycles. The summed E-state index contributed by atoms with van der Waals surface area (Å²) in [4.78, 5) is 25.6. The quantitative estimate of drug-likeness (QED) is 0.811. The van der Waals surface area contributed by atoms with E-state index in [1.165, 1.54) is 0 Å². The molecule has 1 aliphatic rings. The van der Waals surface area contributed by atoms with Crippen molar-refractivity contribution in [2.24, 2.45) is 0 Å². The van der Waals surface area contributed by atoms with Crippen LogP contribution in [0.2, 0.25) is 0 Å². The van der Waals surface area contributed by atoms with E-state index < -0.39 is 5.60 Å². The monoisotopic (exact) mass is 318 g/mol. The summed E-state index contributed by atoms with van der Waals surface area (Å²) in [6, 6.07) is -0.0664. The van der Waals surface area contributed by atoms with Crippen molar-refractivity contribution in [1.29, 1.82) is 0 Å². The maximum atomic E-state index is 12.4. The standard InChI is InChI=1S/C15H27ClN2O3/c1-5-18(14(20)21-15(2,3)4)12-9-7-6-8-11(12)17-13(19)10-16/h11-12H,5-10H2,1-4H3,(H,17,19)/t11-,12-/m0/s1. The molecule has 0 unspecified atom stereocenters. The summed E-state index contributed by atoms with van der Waals surface area (Å²) in [6.45, 7) is 8.05. The summed E-state index contributed by atoms with van der Waals surface area (Å²) < 4.78 is 5.47. The van der Waals surface area contributed by atoms with E-state index in [1.54, 1.807) is 4.90 Å². The Morgan fingerprint density at radius 2 is 1.90 bits per heavy atom. The van der Waals surface area contributed by atoms with Gasteiger partial charge in [-0.1, -0.05) is 12.8 Å². The number of carbonyl (C=O) groups excluding carboxylic acids is 2. The highest BCUT2D eigenvalue weighted by Crippen LogP contribution is 2.25. The molecule has 1 saturated carbocycles. The van der Waals surface area contributed by atoms with E-state index in [2.05, 4.69) is 5.32 Å². The Morgan fingerprint density at radius 3 is 2.43 bits per heavy atom. The molecule has 0 heterocycles. The van der Waals surface area contributed by atoms with Gasteiger partial charge in [0.1, 0.15) is 11.5 Å². The lowest BCUT2D eigenvalue weighted by Gasteiger charge is -2.40. The van der Waals surface area contributed by atoms with Gasteiger partial charge in [-0.2, -0.15) is 0 Å². The number of hydrogen-bond donors (Lipinski definition) is 1. The average molecular weight is 319 g/mol. The highest BCUT2D eigenvalue weighted by Gasteiger charge is 2.34. The van der Waals surface area contributed by atoms with Crippen molar-refractivity contribution in [3.05, 3.63) is 0 Å². The molecular weight excluding hydrogens is 292 g/mol. The number of nitrogens with one attached hydrogen (secondary N) is 1. The molecule has 0 aromatic rings. The molecule has 5 nitrogen and oxygen atoms in total. The zero-order valence-electron chi connectivity index (χ0n) is 13.4. The fourth-order valence-electron chi connectivity index (χ4n) is 2.72. The van der Waals surface area contributed by atoms with Gasteiger partial charge >= 0.3 is 6.09 Å². The van der Waals surface area contributed by atoms with Crippen molar-refractivity contribution >= 4 is 23.6 Å². The molecule has 0 saturated heterocycles. The molecular formula is C15H27ClN2O3. The van der Waals surface area contributed by atoms with E-state index in [-0.39, 0.29) is 30.0 Å². The van der Waals surface area contributed by atoms with E-state index >= 15 is 0 Å². The summed E-state index contributed by atoms with van der Waals surface area (Å²) in [5.74, 6) is -0.240. The van der Waals surface area contributed by atoms with Crippen molar-refractivity contribution < 1.29 is 14.3 Å². The van der Waals surface area contributed by atoms with Crippen molar-refractivity contribution in [3.8, 4) is 0 Å². The lowest BCUT2D eigenvalue weighted by Crippen LogP contribution is -2.56. The predicted molar refractivity (Wildman–Crippen MR) is 83.5 cm³/mol. The van der Waals surface area contributed by atoms with Gasteiger partial charge in [-0.05, 0) is 40.5 Å². The Morgan fingerprint density at radius 1 is 1.29 bits per heavy atom. The second-order valence-electron chi connectivity index (χ2n) is 6.43. The smallest absolute Gasteiger partial charge is 0.410 e. The van der Waals surface area contributed by atoms with Crippen LogP contribution in [0.5, 0.6) is 0 Å². The minimum Gasteiger partial charge on any atom is -0.444 e. The van der Waals surface area contributed by atoms with Crippen molar-refractivity contribution in [3.63, 3.8) is 0 Å². The van der Waals surface area contributed by atoms with Gasteiger partial charge in [-0.3, -0.25) is 4.79 Å². The van der Waals surface area contributed by atoms with Crippen LogP contribution in [0, 0.1) is 0 Å². The molecule has 122 valence electrons. The fourth-order valence-corrected chi connectivity index (χ4v) is 2.79. The van der Waals surface area contributed by atoms with Crippen LogP contribution in [0.25, 0.3) is 0 Å². The summed E-state index contributed by atoms with van der Waals surface area (Å²) in [5, 5.41) is 2.93. The zero-order valence-corrected chi connectivity index (χ0v) is 14.2. The molecule has 2 amide bonds. The third-order valence-corrected chi connectivity index (χ3v) is 3.81. The maximum absolute atomic E-state index is 12.4. The topological polar surface area (TPSA) is 58.6 Å². The molecule has 1 N–H and O–H groups in total. The molecule has 1 fully saturated rings. The summed E-state index contributed by atoms with van der Waals surface area (Å²) in [7, 11) is 0. The second kappa shape index (κ2) is 7.87. The van der Waals surface area contributed by atoms with Gasteiger partial charge < -0.3 is 15.0 Å². The summed E-state index contributed by atoms with van der Waals surface area (Å²) in [6.07, 6.45) is 3.53. The molecule has 0 aliphatic heterocycles. The first kappa shape index (κ1) is 18.1. The van der Waals surface area contributed by atoms with Gasteiger partial charge in [0, 0.05) is 12.6 Å². The van der Waals surface area contributed by atoms with Crippen LogP contribution in [0.1, 0.15) is 53.4 Å². The van der Waals surface area contributed by atoms with Crippen LogP contribution in [0.15, 0.2) is 0 Å². The number of nitrogens with zero attached hydrogens (tertiary/aromatic N) is 1.